The van der Waals surface area contributed by atoms with Crippen LogP contribution in [0.15, 0.2) is 35.4 Å². The number of H-pyrrole nitrogens is 1. The number of aromatic nitrogens is 3. The molecule has 2 heterocycles. The van der Waals surface area contributed by atoms with Gasteiger partial charge in [-0.3, -0.25) is 9.78 Å². The van der Waals surface area contributed by atoms with Gasteiger partial charge < -0.3 is 10.3 Å². The summed E-state index contributed by atoms with van der Waals surface area (Å²) in [6, 6.07) is 5.38. The van der Waals surface area contributed by atoms with Gasteiger partial charge in [0.15, 0.2) is 0 Å². The van der Waals surface area contributed by atoms with Gasteiger partial charge in [0.05, 0.1) is 5.69 Å². The predicted molar refractivity (Wildman–Crippen MR) is 73.9 cm³/mol. The average molecular weight is 258 g/mol. The lowest BCUT2D eigenvalue weighted by Crippen LogP contribution is -2.19. The van der Waals surface area contributed by atoms with Crippen molar-refractivity contribution in [2.45, 2.75) is 26.3 Å². The molecule has 0 aliphatic carbocycles. The van der Waals surface area contributed by atoms with Crippen LogP contribution in [-0.2, 0) is 13.0 Å². The van der Waals surface area contributed by atoms with Crippen molar-refractivity contribution in [1.29, 1.82) is 0 Å². The van der Waals surface area contributed by atoms with Crippen molar-refractivity contribution >= 4 is 0 Å². The molecule has 0 spiro atoms. The van der Waals surface area contributed by atoms with Crippen LogP contribution < -0.4 is 10.9 Å². The fourth-order valence-electron chi connectivity index (χ4n) is 1.82. The summed E-state index contributed by atoms with van der Waals surface area (Å²) in [7, 11) is 0. The Morgan fingerprint density at radius 1 is 1.32 bits per heavy atom. The van der Waals surface area contributed by atoms with Gasteiger partial charge in [-0.25, -0.2) is 4.98 Å². The maximum atomic E-state index is 11.6. The second-order valence-electron chi connectivity index (χ2n) is 4.39. The molecule has 100 valence electrons. The van der Waals surface area contributed by atoms with E-state index >= 15 is 0 Å². The van der Waals surface area contributed by atoms with Crippen LogP contribution in [0.1, 0.15) is 30.4 Å². The highest BCUT2D eigenvalue weighted by Crippen LogP contribution is 2.03. The third-order valence-electron chi connectivity index (χ3n) is 2.70. The highest BCUT2D eigenvalue weighted by atomic mass is 16.1. The van der Waals surface area contributed by atoms with E-state index in [4.69, 9.17) is 0 Å². The van der Waals surface area contributed by atoms with Gasteiger partial charge in [0, 0.05) is 31.4 Å². The lowest BCUT2D eigenvalue weighted by atomic mass is 10.2. The number of nitrogens with zero attached hydrogens (tertiary/aromatic N) is 2. The molecule has 0 aromatic carbocycles. The molecule has 0 bridgehead atoms. The molecule has 2 rings (SSSR count). The molecule has 0 saturated carbocycles. The van der Waals surface area contributed by atoms with Crippen LogP contribution in [0.5, 0.6) is 0 Å². The monoisotopic (exact) mass is 258 g/mol. The zero-order valence-electron chi connectivity index (χ0n) is 11.0. The molecule has 5 nitrogen and oxygen atoms in total. The first kappa shape index (κ1) is 13.4. The van der Waals surface area contributed by atoms with Crippen LogP contribution in [0.25, 0.3) is 0 Å². The van der Waals surface area contributed by atoms with E-state index in [1.54, 1.807) is 18.5 Å². The Morgan fingerprint density at radius 2 is 2.11 bits per heavy atom. The van der Waals surface area contributed by atoms with Crippen molar-refractivity contribution < 1.29 is 0 Å². The molecule has 0 fully saturated rings. The lowest BCUT2D eigenvalue weighted by molar-refractivity contribution is 0.658. The number of aromatic amines is 1. The molecule has 0 saturated heterocycles. The quantitative estimate of drug-likeness (QED) is 0.765. The fraction of sp³-hybridized carbons (Fsp3) is 0.357. The summed E-state index contributed by atoms with van der Waals surface area (Å²) in [6.07, 6.45) is 5.15. The summed E-state index contributed by atoms with van der Waals surface area (Å²) in [5, 5.41) is 3.24. The van der Waals surface area contributed by atoms with Gasteiger partial charge in [-0.15, -0.1) is 0 Å². The molecule has 0 aliphatic rings. The minimum absolute atomic E-state index is 0.104. The van der Waals surface area contributed by atoms with Gasteiger partial charge in [0.25, 0.3) is 5.56 Å². The van der Waals surface area contributed by atoms with E-state index < -0.39 is 0 Å². The van der Waals surface area contributed by atoms with Crippen molar-refractivity contribution in [2.24, 2.45) is 0 Å². The summed E-state index contributed by atoms with van der Waals surface area (Å²) in [5.41, 5.74) is 1.76. The van der Waals surface area contributed by atoms with Crippen LogP contribution in [0, 0.1) is 0 Å². The molecule has 0 aliphatic heterocycles. The Balaban J connectivity index is 2.10. The molecule has 2 N–H and O–H groups in total. The van der Waals surface area contributed by atoms with Crippen LogP contribution in [-0.4, -0.2) is 21.5 Å². The van der Waals surface area contributed by atoms with Crippen LogP contribution >= 0.6 is 0 Å². The van der Waals surface area contributed by atoms with Gasteiger partial charge >= 0.3 is 0 Å². The Labute approximate surface area is 112 Å². The minimum atomic E-state index is -0.104. The van der Waals surface area contributed by atoms with Crippen molar-refractivity contribution in [2.75, 3.05) is 6.54 Å². The van der Waals surface area contributed by atoms with Gasteiger partial charge in [-0.2, -0.15) is 0 Å². The number of nitrogens with one attached hydrogen (secondary N) is 2. The largest absolute Gasteiger partial charge is 0.311 e. The van der Waals surface area contributed by atoms with E-state index in [1.165, 1.54) is 0 Å². The molecule has 2 aromatic rings. The maximum Gasteiger partial charge on any atom is 0.251 e. The van der Waals surface area contributed by atoms with E-state index in [2.05, 4.69) is 27.2 Å². The molecule has 0 atom stereocenters. The zero-order valence-corrected chi connectivity index (χ0v) is 11.0. The zero-order chi connectivity index (χ0) is 13.5. The molecule has 0 amide bonds. The first-order valence-corrected chi connectivity index (χ1v) is 6.46. The Kier molecular flexibility index (Phi) is 4.80. The first-order chi connectivity index (χ1) is 9.28. The van der Waals surface area contributed by atoms with Gasteiger partial charge in [0.2, 0.25) is 0 Å². The SMILES string of the molecule is CCCNCc1cc(=O)[nH]c(Cc2ccncc2)n1. The second-order valence-corrected chi connectivity index (χ2v) is 4.39. The number of hydrogen-bond acceptors (Lipinski definition) is 4. The Hall–Kier alpha value is -2.01. The van der Waals surface area contributed by atoms with E-state index in [0.717, 1.165) is 24.2 Å². The lowest BCUT2D eigenvalue weighted by Gasteiger charge is -2.05. The molecule has 19 heavy (non-hydrogen) atoms. The van der Waals surface area contributed by atoms with Crippen LogP contribution in [0.3, 0.4) is 0 Å². The van der Waals surface area contributed by atoms with Gasteiger partial charge in [0.1, 0.15) is 5.82 Å². The summed E-state index contributed by atoms with van der Waals surface area (Å²) in [5.74, 6) is 0.687. The first-order valence-electron chi connectivity index (χ1n) is 6.46. The van der Waals surface area contributed by atoms with Crippen LogP contribution in [0.2, 0.25) is 0 Å². The van der Waals surface area contributed by atoms with E-state index in [9.17, 15) is 4.79 Å². The van der Waals surface area contributed by atoms with E-state index in [-0.39, 0.29) is 5.56 Å². The highest BCUT2D eigenvalue weighted by molar-refractivity contribution is 5.16. The maximum absolute atomic E-state index is 11.6. The Morgan fingerprint density at radius 3 is 2.84 bits per heavy atom. The normalized spacial score (nSPS) is 10.6. The summed E-state index contributed by atoms with van der Waals surface area (Å²) in [6.45, 7) is 3.66. The number of pyridine rings is 1. The molecule has 0 radical (unpaired) electrons. The molecule has 0 unspecified atom stereocenters. The highest BCUT2D eigenvalue weighted by Gasteiger charge is 2.02. The minimum Gasteiger partial charge on any atom is -0.311 e. The summed E-state index contributed by atoms with van der Waals surface area (Å²) in [4.78, 5) is 22.8. The molecular formula is C14H18N4O. The van der Waals surface area contributed by atoms with Gasteiger partial charge in [-0.1, -0.05) is 6.92 Å². The fourth-order valence-corrected chi connectivity index (χ4v) is 1.82. The van der Waals surface area contributed by atoms with Crippen LogP contribution in [0.4, 0.5) is 0 Å². The Bertz CT molecular complexity index is 565. The summed E-state index contributed by atoms with van der Waals surface area (Å²) >= 11 is 0. The standard InChI is InChI=1S/C14H18N4O/c1-2-5-16-10-12-9-14(19)18-13(17-12)8-11-3-6-15-7-4-11/h3-4,6-7,9,16H,2,5,8,10H2,1H3,(H,17,18,19). The topological polar surface area (TPSA) is 70.7 Å². The molecule has 2 aromatic heterocycles. The smallest absolute Gasteiger partial charge is 0.251 e. The third kappa shape index (κ3) is 4.30. The van der Waals surface area contributed by atoms with E-state index in [1.807, 2.05) is 12.1 Å². The number of hydrogen-bond donors (Lipinski definition) is 2. The second kappa shape index (κ2) is 6.80. The van der Waals surface area contributed by atoms with E-state index in [0.29, 0.717) is 18.8 Å². The van der Waals surface area contributed by atoms with Crippen molar-refractivity contribution in [1.82, 2.24) is 20.3 Å². The third-order valence-corrected chi connectivity index (χ3v) is 2.70. The van der Waals surface area contributed by atoms with Crippen molar-refractivity contribution in [3.8, 4) is 0 Å². The van der Waals surface area contributed by atoms with Gasteiger partial charge in [-0.05, 0) is 30.7 Å². The average Bonchev–Trinajstić information content (AvgIpc) is 2.39. The van der Waals surface area contributed by atoms with Crippen molar-refractivity contribution in [3.63, 3.8) is 0 Å². The predicted octanol–water partition coefficient (Wildman–Crippen LogP) is 1.26. The number of rotatable bonds is 6. The van der Waals surface area contributed by atoms with Crippen molar-refractivity contribution in [3.05, 3.63) is 58.0 Å². The molecule has 5 heteroatoms. The summed E-state index contributed by atoms with van der Waals surface area (Å²) < 4.78 is 0. The molecular weight excluding hydrogens is 240 g/mol.